The van der Waals surface area contributed by atoms with Gasteiger partial charge in [0.25, 0.3) is 0 Å². The lowest BCUT2D eigenvalue weighted by atomic mass is 10.0. The lowest BCUT2D eigenvalue weighted by molar-refractivity contribution is 0.666. The van der Waals surface area contributed by atoms with Crippen molar-refractivity contribution in [1.29, 1.82) is 0 Å². The molecule has 4 aromatic heterocycles. The quantitative estimate of drug-likeness (QED) is 0.168. The van der Waals surface area contributed by atoms with Crippen LogP contribution in [0.5, 0.6) is 0 Å². The lowest BCUT2D eigenvalue weighted by Gasteiger charge is -2.14. The first-order chi connectivity index (χ1) is 31.3. The molecule has 0 spiro atoms. The number of hydrogen-bond donors (Lipinski definition) is 0. The first kappa shape index (κ1) is 35.2. The summed E-state index contributed by atoms with van der Waals surface area (Å²) in [6, 6.07) is 74.2. The highest BCUT2D eigenvalue weighted by Crippen LogP contribution is 2.45. The SMILES string of the molecule is c1ccc(-c2cccc(-c3nc(-c4ccccc4)nc(-c4ccc(-n5c6ccccc6c6ccc7c8ccccc8n(-c8ccccc8)c7c65)c5oc6ccccc6c45)n3)c2)cc1. The summed E-state index contributed by atoms with van der Waals surface area (Å²) in [7, 11) is 0. The number of fused-ring (bicyclic) bond motifs is 10. The number of para-hydroxylation sites is 4. The molecule has 9 aromatic carbocycles. The molecular formula is C57H35N5O. The van der Waals surface area contributed by atoms with Gasteiger partial charge in [0.15, 0.2) is 23.1 Å². The normalized spacial score (nSPS) is 11.8. The Bertz CT molecular complexity index is 3900. The largest absolute Gasteiger partial charge is 0.454 e. The number of aromatic nitrogens is 5. The molecule has 0 aliphatic heterocycles. The number of benzene rings is 9. The molecule has 294 valence electrons. The fourth-order valence-corrected chi connectivity index (χ4v) is 9.58. The maximum atomic E-state index is 7.05. The fraction of sp³-hybridized carbons (Fsp3) is 0. The van der Waals surface area contributed by atoms with Gasteiger partial charge in [0.1, 0.15) is 5.58 Å². The Morgan fingerprint density at radius 3 is 1.59 bits per heavy atom. The van der Waals surface area contributed by atoms with E-state index >= 15 is 0 Å². The fourth-order valence-electron chi connectivity index (χ4n) is 9.58. The monoisotopic (exact) mass is 805 g/mol. The molecule has 0 bridgehead atoms. The smallest absolute Gasteiger partial charge is 0.164 e. The van der Waals surface area contributed by atoms with E-state index < -0.39 is 0 Å². The average Bonchev–Trinajstić information content (AvgIpc) is 4.03. The Labute approximate surface area is 361 Å². The van der Waals surface area contributed by atoms with Crippen LogP contribution in [-0.2, 0) is 0 Å². The van der Waals surface area contributed by atoms with Crippen LogP contribution in [0, 0.1) is 0 Å². The summed E-state index contributed by atoms with van der Waals surface area (Å²) in [6.07, 6.45) is 0. The minimum absolute atomic E-state index is 0.570. The van der Waals surface area contributed by atoms with Gasteiger partial charge >= 0.3 is 0 Å². The van der Waals surface area contributed by atoms with Crippen molar-refractivity contribution in [1.82, 2.24) is 24.1 Å². The molecule has 0 aliphatic rings. The van der Waals surface area contributed by atoms with Crippen molar-refractivity contribution in [3.8, 4) is 56.7 Å². The van der Waals surface area contributed by atoms with E-state index in [4.69, 9.17) is 19.4 Å². The molecule has 4 heterocycles. The summed E-state index contributed by atoms with van der Waals surface area (Å²) in [5.41, 5.74) is 13.0. The van der Waals surface area contributed by atoms with Gasteiger partial charge in [-0.05, 0) is 59.7 Å². The molecule has 0 aliphatic carbocycles. The molecule has 13 rings (SSSR count). The highest BCUT2D eigenvalue weighted by Gasteiger charge is 2.25. The van der Waals surface area contributed by atoms with E-state index in [0.717, 1.165) is 83.2 Å². The van der Waals surface area contributed by atoms with Crippen molar-refractivity contribution in [3.05, 3.63) is 212 Å². The lowest BCUT2D eigenvalue weighted by Crippen LogP contribution is -2.02. The van der Waals surface area contributed by atoms with Crippen LogP contribution in [0.2, 0.25) is 0 Å². The Morgan fingerprint density at radius 2 is 0.873 bits per heavy atom. The van der Waals surface area contributed by atoms with Crippen molar-refractivity contribution in [2.45, 2.75) is 0 Å². The number of furan rings is 1. The molecule has 13 aromatic rings. The Hall–Kier alpha value is -8.61. The highest BCUT2D eigenvalue weighted by atomic mass is 16.3. The second-order valence-electron chi connectivity index (χ2n) is 16.0. The molecule has 0 saturated heterocycles. The molecule has 0 radical (unpaired) electrons. The number of rotatable bonds is 6. The van der Waals surface area contributed by atoms with E-state index in [1.165, 1.54) is 21.5 Å². The maximum Gasteiger partial charge on any atom is 0.164 e. The Kier molecular flexibility index (Phi) is 7.80. The minimum atomic E-state index is 0.570. The number of hydrogen-bond acceptors (Lipinski definition) is 4. The van der Waals surface area contributed by atoms with Gasteiger partial charge in [-0.1, -0.05) is 164 Å². The summed E-state index contributed by atoms with van der Waals surface area (Å²) >= 11 is 0. The first-order valence-electron chi connectivity index (χ1n) is 21.2. The van der Waals surface area contributed by atoms with E-state index in [9.17, 15) is 0 Å². The molecule has 6 heteroatoms. The van der Waals surface area contributed by atoms with Crippen LogP contribution in [-0.4, -0.2) is 24.1 Å². The van der Waals surface area contributed by atoms with Crippen LogP contribution in [0.25, 0.3) is 122 Å². The van der Waals surface area contributed by atoms with Crippen molar-refractivity contribution >= 4 is 65.6 Å². The molecule has 0 unspecified atom stereocenters. The van der Waals surface area contributed by atoms with Crippen molar-refractivity contribution < 1.29 is 4.42 Å². The molecule has 0 amide bonds. The van der Waals surface area contributed by atoms with E-state index in [-0.39, 0.29) is 0 Å². The molecule has 63 heavy (non-hydrogen) atoms. The second-order valence-corrected chi connectivity index (χ2v) is 16.0. The average molecular weight is 806 g/mol. The van der Waals surface area contributed by atoms with Crippen LogP contribution >= 0.6 is 0 Å². The van der Waals surface area contributed by atoms with Gasteiger partial charge in [-0.15, -0.1) is 0 Å². The zero-order valence-electron chi connectivity index (χ0n) is 33.9. The van der Waals surface area contributed by atoms with E-state index in [1.54, 1.807) is 0 Å². The van der Waals surface area contributed by atoms with Crippen molar-refractivity contribution in [2.24, 2.45) is 0 Å². The van der Waals surface area contributed by atoms with Gasteiger partial charge < -0.3 is 13.6 Å². The molecule has 0 saturated carbocycles. The Balaban J connectivity index is 1.12. The van der Waals surface area contributed by atoms with Crippen molar-refractivity contribution in [3.63, 3.8) is 0 Å². The second kappa shape index (κ2) is 14.0. The van der Waals surface area contributed by atoms with Crippen LogP contribution in [0.1, 0.15) is 0 Å². The molecule has 0 N–H and O–H groups in total. The van der Waals surface area contributed by atoms with Gasteiger partial charge in [0.05, 0.1) is 27.8 Å². The predicted molar refractivity (Wildman–Crippen MR) is 258 cm³/mol. The van der Waals surface area contributed by atoms with E-state index in [0.29, 0.717) is 17.5 Å². The topological polar surface area (TPSA) is 61.7 Å². The zero-order valence-corrected chi connectivity index (χ0v) is 33.9. The molecule has 6 nitrogen and oxygen atoms in total. The first-order valence-corrected chi connectivity index (χ1v) is 21.2. The van der Waals surface area contributed by atoms with Gasteiger partial charge in [0, 0.05) is 54.7 Å². The predicted octanol–water partition coefficient (Wildman–Crippen LogP) is 14.6. The van der Waals surface area contributed by atoms with Crippen LogP contribution in [0.3, 0.4) is 0 Å². The molecule has 0 fully saturated rings. The van der Waals surface area contributed by atoms with Gasteiger partial charge in [0.2, 0.25) is 0 Å². The number of nitrogens with zero attached hydrogens (tertiary/aromatic N) is 5. The Morgan fingerprint density at radius 1 is 0.349 bits per heavy atom. The van der Waals surface area contributed by atoms with Crippen LogP contribution < -0.4 is 0 Å². The minimum Gasteiger partial charge on any atom is -0.454 e. The summed E-state index contributed by atoms with van der Waals surface area (Å²) in [5, 5.41) is 6.65. The third-order valence-electron chi connectivity index (χ3n) is 12.4. The van der Waals surface area contributed by atoms with Gasteiger partial charge in [-0.3, -0.25) is 0 Å². The van der Waals surface area contributed by atoms with E-state index in [2.05, 4.69) is 173 Å². The standard InChI is InChI=1S/C57H35N5O/c1-4-17-36(18-5-1)38-21-16-22-39(35-38)56-58-55(37-19-6-2-7-20-37)59-57(60-56)46-33-34-49(54-51(46)45-27-12-15-30-50(45)63-54)62-48-29-14-11-26-42(48)44-32-31-43-41-25-10-13-28-47(41)61(52(43)53(44)62)40-23-8-3-9-24-40/h1-35H. The van der Waals surface area contributed by atoms with Gasteiger partial charge in [-0.2, -0.15) is 0 Å². The van der Waals surface area contributed by atoms with Crippen LogP contribution in [0.4, 0.5) is 0 Å². The summed E-state index contributed by atoms with van der Waals surface area (Å²) < 4.78 is 11.9. The summed E-state index contributed by atoms with van der Waals surface area (Å²) in [4.78, 5) is 15.7. The molecular weight excluding hydrogens is 771 g/mol. The molecule has 0 atom stereocenters. The van der Waals surface area contributed by atoms with Crippen molar-refractivity contribution in [2.75, 3.05) is 0 Å². The van der Waals surface area contributed by atoms with Gasteiger partial charge in [-0.25, -0.2) is 15.0 Å². The van der Waals surface area contributed by atoms with E-state index in [1.807, 2.05) is 48.5 Å². The summed E-state index contributed by atoms with van der Waals surface area (Å²) in [6.45, 7) is 0. The maximum absolute atomic E-state index is 7.05. The van der Waals surface area contributed by atoms with Crippen LogP contribution in [0.15, 0.2) is 217 Å². The third-order valence-corrected chi connectivity index (χ3v) is 12.4. The zero-order chi connectivity index (χ0) is 41.4. The summed E-state index contributed by atoms with van der Waals surface area (Å²) in [5.74, 6) is 1.77. The third kappa shape index (κ3) is 5.48. The highest BCUT2D eigenvalue weighted by molar-refractivity contribution is 6.25.